The van der Waals surface area contributed by atoms with Crippen molar-refractivity contribution in [2.75, 3.05) is 12.0 Å². The van der Waals surface area contributed by atoms with Gasteiger partial charge in [-0.15, -0.1) is 0 Å². The SMILES string of the molecule is COc1ccccc1N1C(=O)S/C(=C\c2ccc(OCc3ccc(Cl)cc3Cl)c(I)c2)C1=O. The Kier molecular flexibility index (Phi) is 7.53. The van der Waals surface area contributed by atoms with Gasteiger partial charge in [0.25, 0.3) is 11.1 Å². The van der Waals surface area contributed by atoms with Crippen LogP contribution in [-0.2, 0) is 11.4 Å². The summed E-state index contributed by atoms with van der Waals surface area (Å²) in [5.41, 5.74) is 2.03. The number of carbonyl (C=O) groups excluding carboxylic acids is 2. The van der Waals surface area contributed by atoms with Gasteiger partial charge in [-0.3, -0.25) is 9.59 Å². The summed E-state index contributed by atoms with van der Waals surface area (Å²) in [6.07, 6.45) is 1.70. The summed E-state index contributed by atoms with van der Waals surface area (Å²) in [4.78, 5) is 27.0. The minimum atomic E-state index is -0.387. The monoisotopic (exact) mass is 611 g/mol. The molecule has 0 radical (unpaired) electrons. The molecule has 0 aliphatic carbocycles. The van der Waals surface area contributed by atoms with Crippen molar-refractivity contribution < 1.29 is 19.1 Å². The molecule has 0 N–H and O–H groups in total. The summed E-state index contributed by atoms with van der Waals surface area (Å²) >= 11 is 15.2. The number of hydrogen-bond acceptors (Lipinski definition) is 5. The van der Waals surface area contributed by atoms with E-state index in [0.29, 0.717) is 38.7 Å². The van der Waals surface area contributed by atoms with Crippen molar-refractivity contribution in [2.24, 2.45) is 0 Å². The van der Waals surface area contributed by atoms with Gasteiger partial charge in [-0.25, -0.2) is 4.90 Å². The molecule has 1 saturated heterocycles. The van der Waals surface area contributed by atoms with Crippen molar-refractivity contribution in [3.63, 3.8) is 0 Å². The van der Waals surface area contributed by atoms with E-state index in [9.17, 15) is 9.59 Å². The van der Waals surface area contributed by atoms with Crippen LogP contribution < -0.4 is 14.4 Å². The lowest BCUT2D eigenvalue weighted by molar-refractivity contribution is -0.113. The van der Waals surface area contributed by atoms with E-state index in [1.807, 2.05) is 24.3 Å². The second kappa shape index (κ2) is 10.4. The Hall–Kier alpha value is -2.20. The molecule has 1 aliphatic heterocycles. The highest BCUT2D eigenvalue weighted by molar-refractivity contribution is 14.1. The molecular formula is C24H16Cl2INO4S. The number of hydrogen-bond donors (Lipinski definition) is 0. The fourth-order valence-electron chi connectivity index (χ4n) is 3.16. The van der Waals surface area contributed by atoms with Crippen LogP contribution in [-0.4, -0.2) is 18.3 Å². The Morgan fingerprint density at radius 1 is 1.03 bits per heavy atom. The lowest BCUT2D eigenvalue weighted by Crippen LogP contribution is -2.28. The van der Waals surface area contributed by atoms with E-state index in [1.54, 1.807) is 42.5 Å². The van der Waals surface area contributed by atoms with Crippen molar-refractivity contribution >= 4 is 80.5 Å². The molecule has 1 heterocycles. The van der Waals surface area contributed by atoms with Crippen molar-refractivity contribution in [1.29, 1.82) is 0 Å². The largest absolute Gasteiger partial charge is 0.495 e. The van der Waals surface area contributed by atoms with E-state index >= 15 is 0 Å². The summed E-state index contributed by atoms with van der Waals surface area (Å²) in [6.45, 7) is 0.295. The summed E-state index contributed by atoms with van der Waals surface area (Å²) < 4.78 is 12.1. The van der Waals surface area contributed by atoms with Crippen molar-refractivity contribution in [1.82, 2.24) is 0 Å². The Bertz CT molecular complexity index is 1280. The molecule has 5 nitrogen and oxygen atoms in total. The van der Waals surface area contributed by atoms with Gasteiger partial charge >= 0.3 is 0 Å². The van der Waals surface area contributed by atoms with E-state index in [0.717, 1.165) is 31.4 Å². The predicted molar refractivity (Wildman–Crippen MR) is 141 cm³/mol. The molecule has 3 aromatic rings. The zero-order valence-corrected chi connectivity index (χ0v) is 21.7. The lowest BCUT2D eigenvalue weighted by atomic mass is 10.2. The first kappa shape index (κ1) is 23.9. The predicted octanol–water partition coefficient (Wildman–Crippen LogP) is 7.43. The summed E-state index contributed by atoms with van der Waals surface area (Å²) in [5.74, 6) is 0.751. The van der Waals surface area contributed by atoms with Gasteiger partial charge in [0.15, 0.2) is 0 Å². The van der Waals surface area contributed by atoms with Crippen LogP contribution in [0.2, 0.25) is 10.0 Å². The molecule has 1 fully saturated rings. The Morgan fingerprint density at radius 2 is 1.82 bits per heavy atom. The number of carbonyl (C=O) groups is 2. The number of rotatable bonds is 6. The zero-order valence-electron chi connectivity index (χ0n) is 17.2. The molecule has 4 rings (SSSR count). The normalized spacial score (nSPS) is 14.8. The van der Waals surface area contributed by atoms with E-state index in [1.165, 1.54) is 7.11 Å². The van der Waals surface area contributed by atoms with Crippen molar-refractivity contribution in [2.45, 2.75) is 6.61 Å². The number of amides is 2. The third-order valence-electron chi connectivity index (χ3n) is 4.77. The summed E-state index contributed by atoms with van der Waals surface area (Å²) in [6, 6.07) is 17.7. The van der Waals surface area contributed by atoms with Crippen LogP contribution in [0.25, 0.3) is 6.08 Å². The van der Waals surface area contributed by atoms with Crippen LogP contribution >= 0.6 is 57.6 Å². The molecule has 0 atom stereocenters. The molecule has 3 aromatic carbocycles. The molecule has 1 aliphatic rings. The van der Waals surface area contributed by atoms with E-state index in [2.05, 4.69) is 22.6 Å². The Morgan fingerprint density at radius 3 is 2.55 bits per heavy atom. The minimum absolute atomic E-state index is 0.295. The highest BCUT2D eigenvalue weighted by Crippen LogP contribution is 2.39. The first-order valence-corrected chi connectivity index (χ1v) is 12.3. The van der Waals surface area contributed by atoms with E-state index < -0.39 is 0 Å². The molecule has 0 bridgehead atoms. The number of nitrogens with zero attached hydrogens (tertiary/aromatic N) is 1. The Labute approximate surface area is 218 Å². The average molecular weight is 612 g/mol. The number of benzene rings is 3. The maximum Gasteiger partial charge on any atom is 0.298 e. The minimum Gasteiger partial charge on any atom is -0.495 e. The second-order valence-corrected chi connectivity index (χ2v) is 9.90. The van der Waals surface area contributed by atoms with Crippen molar-refractivity contribution in [3.8, 4) is 11.5 Å². The average Bonchev–Trinajstić information content (AvgIpc) is 3.06. The van der Waals surface area contributed by atoms with E-state index in [4.69, 9.17) is 32.7 Å². The quantitative estimate of drug-likeness (QED) is 0.214. The third kappa shape index (κ3) is 5.32. The number of ether oxygens (including phenoxy) is 2. The molecule has 33 heavy (non-hydrogen) atoms. The van der Waals surface area contributed by atoms with Crippen LogP contribution in [0.5, 0.6) is 11.5 Å². The molecule has 0 spiro atoms. The number of thioether (sulfide) groups is 1. The van der Waals surface area contributed by atoms with Gasteiger partial charge in [-0.05, 0) is 82.4 Å². The van der Waals surface area contributed by atoms with Crippen LogP contribution in [0.3, 0.4) is 0 Å². The standard InChI is InChI=1S/C24H16Cl2INO4S/c1-31-21-5-3-2-4-19(21)28-23(29)22(33-24(28)30)11-14-6-9-20(18(27)10-14)32-13-15-7-8-16(25)12-17(15)26/h2-12H,13H2,1H3/b22-11-. The first-order chi connectivity index (χ1) is 15.9. The molecule has 168 valence electrons. The van der Waals surface area contributed by atoms with E-state index in [-0.39, 0.29) is 11.1 Å². The van der Waals surface area contributed by atoms with Gasteiger partial charge in [0, 0.05) is 15.6 Å². The summed E-state index contributed by atoms with van der Waals surface area (Å²) in [7, 11) is 1.50. The van der Waals surface area contributed by atoms with Gasteiger partial charge in [0.1, 0.15) is 18.1 Å². The van der Waals surface area contributed by atoms with Crippen LogP contribution in [0.4, 0.5) is 10.5 Å². The van der Waals surface area contributed by atoms with Gasteiger partial charge in [-0.1, -0.05) is 47.5 Å². The molecule has 2 amide bonds. The number of methoxy groups -OCH3 is 1. The van der Waals surface area contributed by atoms with Crippen LogP contribution in [0.1, 0.15) is 11.1 Å². The first-order valence-electron chi connectivity index (χ1n) is 9.64. The molecule has 9 heteroatoms. The molecule has 0 saturated carbocycles. The van der Waals surface area contributed by atoms with Crippen molar-refractivity contribution in [3.05, 3.63) is 90.3 Å². The fourth-order valence-corrected chi connectivity index (χ4v) is 5.15. The number of para-hydroxylation sites is 2. The fraction of sp³-hybridized carbons (Fsp3) is 0.0833. The highest BCUT2D eigenvalue weighted by Gasteiger charge is 2.37. The number of anilines is 1. The molecule has 0 unspecified atom stereocenters. The maximum atomic E-state index is 13.0. The topological polar surface area (TPSA) is 55.8 Å². The van der Waals surface area contributed by atoms with Gasteiger partial charge in [0.05, 0.1) is 21.3 Å². The van der Waals surface area contributed by atoms with Gasteiger partial charge in [0.2, 0.25) is 0 Å². The Balaban J connectivity index is 1.52. The number of halogens is 3. The summed E-state index contributed by atoms with van der Waals surface area (Å²) in [5, 5.41) is 0.739. The highest BCUT2D eigenvalue weighted by atomic mass is 127. The second-order valence-electron chi connectivity index (χ2n) is 6.90. The van der Waals surface area contributed by atoms with Gasteiger partial charge < -0.3 is 9.47 Å². The lowest BCUT2D eigenvalue weighted by Gasteiger charge is -2.15. The van der Waals surface area contributed by atoms with Crippen LogP contribution in [0, 0.1) is 3.57 Å². The third-order valence-corrected chi connectivity index (χ3v) is 7.07. The van der Waals surface area contributed by atoms with Gasteiger partial charge in [-0.2, -0.15) is 0 Å². The molecule has 0 aromatic heterocycles. The maximum absolute atomic E-state index is 13.0. The smallest absolute Gasteiger partial charge is 0.298 e. The molecular weight excluding hydrogens is 596 g/mol. The zero-order chi connectivity index (χ0) is 23.5. The van der Waals surface area contributed by atoms with Crippen LogP contribution in [0.15, 0.2) is 65.6 Å². The number of imide groups is 1.